The van der Waals surface area contributed by atoms with Gasteiger partial charge in [-0.3, -0.25) is 9.78 Å². The third-order valence-electron chi connectivity index (χ3n) is 2.19. The summed E-state index contributed by atoms with van der Waals surface area (Å²) in [6, 6.07) is 0. The standard InChI is InChI=1S/C10H16N4O/c1-3-7(2)4-13-10(15)8-5-12-6-9(11)14-8/h5-7H,3-4H2,1-2H3,(H2,11,14)(H,13,15). The first-order valence-electron chi connectivity index (χ1n) is 4.99. The Morgan fingerprint density at radius 2 is 2.33 bits per heavy atom. The molecule has 0 radical (unpaired) electrons. The lowest BCUT2D eigenvalue weighted by Crippen LogP contribution is -2.29. The number of amides is 1. The molecule has 0 bridgehead atoms. The van der Waals surface area contributed by atoms with Crippen molar-refractivity contribution in [2.24, 2.45) is 5.92 Å². The average molecular weight is 208 g/mol. The van der Waals surface area contributed by atoms with Crippen LogP contribution in [-0.4, -0.2) is 22.4 Å². The lowest BCUT2D eigenvalue weighted by molar-refractivity contribution is 0.0942. The van der Waals surface area contributed by atoms with E-state index in [1.807, 2.05) is 0 Å². The van der Waals surface area contributed by atoms with E-state index in [4.69, 9.17) is 5.73 Å². The lowest BCUT2D eigenvalue weighted by Gasteiger charge is -2.09. The van der Waals surface area contributed by atoms with Crippen LogP contribution in [0.5, 0.6) is 0 Å². The summed E-state index contributed by atoms with van der Waals surface area (Å²) < 4.78 is 0. The van der Waals surface area contributed by atoms with Crippen molar-refractivity contribution in [3.63, 3.8) is 0 Å². The summed E-state index contributed by atoms with van der Waals surface area (Å²) in [7, 11) is 0. The Bertz CT molecular complexity index is 340. The van der Waals surface area contributed by atoms with Crippen LogP contribution in [-0.2, 0) is 0 Å². The maximum Gasteiger partial charge on any atom is 0.271 e. The summed E-state index contributed by atoms with van der Waals surface area (Å²) in [5.74, 6) is 0.490. The molecule has 5 heteroatoms. The third-order valence-corrected chi connectivity index (χ3v) is 2.19. The van der Waals surface area contributed by atoms with Crippen molar-refractivity contribution >= 4 is 11.7 Å². The molecule has 0 aliphatic carbocycles. The molecular formula is C10H16N4O. The smallest absolute Gasteiger partial charge is 0.271 e. The van der Waals surface area contributed by atoms with Crippen molar-refractivity contribution < 1.29 is 4.79 Å². The zero-order valence-corrected chi connectivity index (χ0v) is 9.03. The Morgan fingerprint density at radius 3 is 2.93 bits per heavy atom. The molecule has 0 fully saturated rings. The first-order valence-corrected chi connectivity index (χ1v) is 4.99. The van der Waals surface area contributed by atoms with Crippen LogP contribution in [0.25, 0.3) is 0 Å². The first kappa shape index (κ1) is 11.4. The van der Waals surface area contributed by atoms with E-state index in [1.165, 1.54) is 12.4 Å². The van der Waals surface area contributed by atoms with Crippen molar-refractivity contribution in [2.75, 3.05) is 12.3 Å². The fraction of sp³-hybridized carbons (Fsp3) is 0.500. The van der Waals surface area contributed by atoms with Crippen LogP contribution >= 0.6 is 0 Å². The predicted molar refractivity (Wildman–Crippen MR) is 58.2 cm³/mol. The molecule has 1 heterocycles. The van der Waals surface area contributed by atoms with Crippen LogP contribution < -0.4 is 11.1 Å². The van der Waals surface area contributed by atoms with Gasteiger partial charge in [-0.05, 0) is 5.92 Å². The molecule has 1 unspecified atom stereocenters. The topological polar surface area (TPSA) is 80.9 Å². The van der Waals surface area contributed by atoms with Gasteiger partial charge < -0.3 is 11.1 Å². The zero-order chi connectivity index (χ0) is 11.3. The van der Waals surface area contributed by atoms with Crippen LogP contribution in [0.4, 0.5) is 5.82 Å². The van der Waals surface area contributed by atoms with E-state index in [2.05, 4.69) is 29.1 Å². The SMILES string of the molecule is CCC(C)CNC(=O)c1cncc(N)n1. The minimum atomic E-state index is -0.227. The highest BCUT2D eigenvalue weighted by molar-refractivity contribution is 5.92. The highest BCUT2D eigenvalue weighted by Crippen LogP contribution is 2.00. The molecule has 15 heavy (non-hydrogen) atoms. The quantitative estimate of drug-likeness (QED) is 0.768. The molecule has 0 saturated heterocycles. The van der Waals surface area contributed by atoms with Crippen molar-refractivity contribution in [1.82, 2.24) is 15.3 Å². The van der Waals surface area contributed by atoms with E-state index >= 15 is 0 Å². The van der Waals surface area contributed by atoms with E-state index in [0.29, 0.717) is 12.5 Å². The number of hydrogen-bond acceptors (Lipinski definition) is 4. The molecule has 0 spiro atoms. The summed E-state index contributed by atoms with van der Waals surface area (Å²) in [5, 5.41) is 2.78. The number of nitrogens with one attached hydrogen (secondary N) is 1. The number of carbonyl (C=O) groups is 1. The van der Waals surface area contributed by atoms with Crippen LogP contribution in [0, 0.1) is 5.92 Å². The maximum atomic E-state index is 11.5. The van der Waals surface area contributed by atoms with Gasteiger partial charge in [0.2, 0.25) is 0 Å². The molecule has 82 valence electrons. The van der Waals surface area contributed by atoms with E-state index in [9.17, 15) is 4.79 Å². The summed E-state index contributed by atoms with van der Waals surface area (Å²) in [4.78, 5) is 19.2. The predicted octanol–water partition coefficient (Wildman–Crippen LogP) is 0.835. The third kappa shape index (κ3) is 3.53. The minimum Gasteiger partial charge on any atom is -0.382 e. The minimum absolute atomic E-state index is 0.227. The second kappa shape index (κ2) is 5.29. The van der Waals surface area contributed by atoms with E-state index < -0.39 is 0 Å². The van der Waals surface area contributed by atoms with Gasteiger partial charge in [0.05, 0.1) is 12.4 Å². The fourth-order valence-corrected chi connectivity index (χ4v) is 0.992. The van der Waals surface area contributed by atoms with Gasteiger partial charge in [-0.2, -0.15) is 0 Å². The Kier molecular flexibility index (Phi) is 4.03. The first-order chi connectivity index (χ1) is 7.13. The summed E-state index contributed by atoms with van der Waals surface area (Å²) >= 11 is 0. The Morgan fingerprint density at radius 1 is 1.60 bits per heavy atom. The Labute approximate surface area is 89.1 Å². The van der Waals surface area contributed by atoms with Crippen LogP contribution in [0.3, 0.4) is 0 Å². The molecule has 0 aliphatic heterocycles. The molecular weight excluding hydrogens is 192 g/mol. The van der Waals surface area contributed by atoms with Gasteiger partial charge in [-0.25, -0.2) is 4.98 Å². The number of nitrogens with zero attached hydrogens (tertiary/aromatic N) is 2. The van der Waals surface area contributed by atoms with Crippen molar-refractivity contribution in [2.45, 2.75) is 20.3 Å². The van der Waals surface area contributed by atoms with Crippen molar-refractivity contribution in [1.29, 1.82) is 0 Å². The molecule has 1 aromatic heterocycles. The number of carbonyl (C=O) groups excluding carboxylic acids is 1. The lowest BCUT2D eigenvalue weighted by atomic mass is 10.1. The van der Waals surface area contributed by atoms with Gasteiger partial charge in [0.25, 0.3) is 5.91 Å². The number of hydrogen-bond donors (Lipinski definition) is 2. The molecule has 3 N–H and O–H groups in total. The molecule has 1 aromatic rings. The maximum absolute atomic E-state index is 11.5. The fourth-order valence-electron chi connectivity index (χ4n) is 0.992. The molecule has 1 amide bonds. The molecule has 5 nitrogen and oxygen atoms in total. The second-order valence-electron chi connectivity index (χ2n) is 3.55. The van der Waals surface area contributed by atoms with E-state index in [-0.39, 0.29) is 17.4 Å². The van der Waals surface area contributed by atoms with E-state index in [0.717, 1.165) is 6.42 Å². The largest absolute Gasteiger partial charge is 0.382 e. The zero-order valence-electron chi connectivity index (χ0n) is 9.03. The molecule has 0 saturated carbocycles. The molecule has 0 aromatic carbocycles. The Hall–Kier alpha value is -1.65. The van der Waals surface area contributed by atoms with Crippen LogP contribution in [0.1, 0.15) is 30.8 Å². The van der Waals surface area contributed by atoms with Gasteiger partial charge in [-0.1, -0.05) is 20.3 Å². The van der Waals surface area contributed by atoms with Gasteiger partial charge >= 0.3 is 0 Å². The molecule has 1 rings (SSSR count). The van der Waals surface area contributed by atoms with Crippen LogP contribution in [0.15, 0.2) is 12.4 Å². The number of rotatable bonds is 4. The number of anilines is 1. The average Bonchev–Trinajstić information content (AvgIpc) is 2.25. The molecule has 1 atom stereocenters. The van der Waals surface area contributed by atoms with E-state index in [1.54, 1.807) is 0 Å². The highest BCUT2D eigenvalue weighted by atomic mass is 16.1. The number of nitrogens with two attached hydrogens (primary N) is 1. The summed E-state index contributed by atoms with van der Waals surface area (Å²) in [6.45, 7) is 4.80. The normalized spacial score (nSPS) is 12.1. The summed E-state index contributed by atoms with van der Waals surface area (Å²) in [5.41, 5.74) is 5.69. The van der Waals surface area contributed by atoms with Gasteiger partial charge in [-0.15, -0.1) is 0 Å². The molecule has 0 aliphatic rings. The monoisotopic (exact) mass is 208 g/mol. The Balaban J connectivity index is 2.54. The van der Waals surface area contributed by atoms with Gasteiger partial charge in [0.15, 0.2) is 0 Å². The van der Waals surface area contributed by atoms with Crippen molar-refractivity contribution in [3.05, 3.63) is 18.1 Å². The van der Waals surface area contributed by atoms with Gasteiger partial charge in [0, 0.05) is 6.54 Å². The van der Waals surface area contributed by atoms with Crippen LogP contribution in [0.2, 0.25) is 0 Å². The van der Waals surface area contributed by atoms with Gasteiger partial charge in [0.1, 0.15) is 11.5 Å². The number of aromatic nitrogens is 2. The van der Waals surface area contributed by atoms with Crippen molar-refractivity contribution in [3.8, 4) is 0 Å². The highest BCUT2D eigenvalue weighted by Gasteiger charge is 2.08. The second-order valence-corrected chi connectivity index (χ2v) is 3.55. The number of nitrogen functional groups attached to an aromatic ring is 1. The summed E-state index contributed by atoms with van der Waals surface area (Å²) in [6.07, 6.45) is 3.84.